The first-order chi connectivity index (χ1) is 8.42. The highest BCUT2D eigenvalue weighted by atomic mass is 19.4. The number of likely N-dealkylation sites (N-methyl/N-ethyl adjacent to an activating group) is 1. The number of rotatable bonds is 7. The van der Waals surface area contributed by atoms with Gasteiger partial charge >= 0.3 is 12.3 Å². The number of hydrogen-bond donors (Lipinski definition) is 1. The highest BCUT2D eigenvalue weighted by Crippen LogP contribution is 2.16. The fourth-order valence-corrected chi connectivity index (χ4v) is 1.68. The summed E-state index contributed by atoms with van der Waals surface area (Å²) in [5, 5.41) is 2.81. The van der Waals surface area contributed by atoms with Crippen LogP contribution in [0.5, 0.6) is 0 Å². The second kappa shape index (κ2) is 6.79. The Kier molecular flexibility index (Phi) is 5.67. The molecule has 0 aromatic carbocycles. The van der Waals surface area contributed by atoms with E-state index >= 15 is 0 Å². The van der Waals surface area contributed by atoms with Crippen molar-refractivity contribution in [2.75, 3.05) is 52.9 Å². The molecule has 18 heavy (non-hydrogen) atoms. The zero-order valence-electron chi connectivity index (χ0n) is 10.3. The van der Waals surface area contributed by atoms with Crippen molar-refractivity contribution in [3.05, 3.63) is 0 Å². The van der Waals surface area contributed by atoms with E-state index in [4.69, 9.17) is 4.74 Å². The van der Waals surface area contributed by atoms with E-state index in [0.29, 0.717) is 26.2 Å². The van der Waals surface area contributed by atoms with Crippen LogP contribution in [0.2, 0.25) is 0 Å². The first kappa shape index (κ1) is 15.0. The van der Waals surface area contributed by atoms with Crippen molar-refractivity contribution in [2.45, 2.75) is 6.18 Å². The van der Waals surface area contributed by atoms with Gasteiger partial charge in [-0.2, -0.15) is 13.2 Å². The van der Waals surface area contributed by atoms with E-state index in [2.05, 4.69) is 5.32 Å². The van der Waals surface area contributed by atoms with Gasteiger partial charge in [-0.1, -0.05) is 0 Å². The van der Waals surface area contributed by atoms with Gasteiger partial charge in [-0.3, -0.25) is 4.90 Å². The van der Waals surface area contributed by atoms with E-state index in [1.54, 1.807) is 7.05 Å². The summed E-state index contributed by atoms with van der Waals surface area (Å²) in [6, 6.07) is 0. The van der Waals surface area contributed by atoms with Crippen LogP contribution in [0.1, 0.15) is 0 Å². The lowest BCUT2D eigenvalue weighted by Crippen LogP contribution is -2.42. The number of cyclic esters (lactones) is 1. The van der Waals surface area contributed by atoms with Gasteiger partial charge in [-0.05, 0) is 7.05 Å². The normalized spacial score (nSPS) is 16.5. The topological polar surface area (TPSA) is 44.8 Å². The second-order valence-electron chi connectivity index (χ2n) is 4.10. The fourth-order valence-electron chi connectivity index (χ4n) is 1.68. The number of halogens is 3. The summed E-state index contributed by atoms with van der Waals surface area (Å²) in [7, 11) is 1.68. The number of carbonyl (C=O) groups is 1. The molecule has 0 bridgehead atoms. The summed E-state index contributed by atoms with van der Waals surface area (Å²) >= 11 is 0. The average Bonchev–Trinajstić information content (AvgIpc) is 2.66. The number of amides is 1. The summed E-state index contributed by atoms with van der Waals surface area (Å²) in [4.78, 5) is 13.8. The molecule has 1 aliphatic heterocycles. The van der Waals surface area contributed by atoms with Crippen molar-refractivity contribution in [2.24, 2.45) is 0 Å². The Labute approximate surface area is 104 Å². The Morgan fingerprint density at radius 1 is 1.44 bits per heavy atom. The second-order valence-corrected chi connectivity index (χ2v) is 4.10. The van der Waals surface area contributed by atoms with Crippen LogP contribution in [0, 0.1) is 0 Å². The predicted octanol–water partition coefficient (Wildman–Crippen LogP) is 0.522. The molecule has 1 N–H and O–H groups in total. The molecule has 1 aliphatic rings. The van der Waals surface area contributed by atoms with Crippen molar-refractivity contribution >= 4 is 6.09 Å². The van der Waals surface area contributed by atoms with Gasteiger partial charge in [-0.25, -0.2) is 4.79 Å². The molecular weight excluding hydrogens is 251 g/mol. The van der Waals surface area contributed by atoms with Gasteiger partial charge in [0.15, 0.2) is 0 Å². The van der Waals surface area contributed by atoms with Crippen molar-refractivity contribution in [3.63, 3.8) is 0 Å². The summed E-state index contributed by atoms with van der Waals surface area (Å²) in [6.07, 6.45) is -4.67. The van der Waals surface area contributed by atoms with Gasteiger partial charge < -0.3 is 15.0 Å². The lowest BCUT2D eigenvalue weighted by Gasteiger charge is -2.25. The molecule has 0 aliphatic carbocycles. The van der Waals surface area contributed by atoms with Gasteiger partial charge in [0.05, 0.1) is 13.1 Å². The molecule has 1 fully saturated rings. The third-order valence-electron chi connectivity index (χ3n) is 2.61. The third kappa shape index (κ3) is 5.54. The number of nitrogens with zero attached hydrogens (tertiary/aromatic N) is 2. The standard InChI is InChI=1S/C10H18F3N3O2/c1-14-2-3-15(8-10(11,12)13)4-5-16-6-7-18-9(16)17/h14H,2-8H2,1H3. The highest BCUT2D eigenvalue weighted by Gasteiger charge is 2.31. The minimum Gasteiger partial charge on any atom is -0.448 e. The van der Waals surface area contributed by atoms with Crippen LogP contribution in [-0.2, 0) is 4.74 Å². The van der Waals surface area contributed by atoms with E-state index in [1.807, 2.05) is 0 Å². The maximum atomic E-state index is 12.3. The molecular formula is C10H18F3N3O2. The van der Waals surface area contributed by atoms with Crippen molar-refractivity contribution < 1.29 is 22.7 Å². The SMILES string of the molecule is CNCCN(CCN1CCOC1=O)CC(F)(F)F. The molecule has 0 unspecified atom stereocenters. The maximum absolute atomic E-state index is 12.3. The van der Waals surface area contributed by atoms with Crippen LogP contribution in [0.3, 0.4) is 0 Å². The van der Waals surface area contributed by atoms with Crippen molar-refractivity contribution in [1.82, 2.24) is 15.1 Å². The summed E-state index contributed by atoms with van der Waals surface area (Å²) < 4.78 is 41.7. The van der Waals surface area contributed by atoms with E-state index < -0.39 is 18.8 Å². The van der Waals surface area contributed by atoms with Gasteiger partial charge in [0.2, 0.25) is 0 Å². The summed E-state index contributed by atoms with van der Waals surface area (Å²) in [5.41, 5.74) is 0. The molecule has 0 radical (unpaired) electrons. The molecule has 1 heterocycles. The largest absolute Gasteiger partial charge is 0.448 e. The lowest BCUT2D eigenvalue weighted by molar-refractivity contribution is -0.145. The molecule has 0 atom stereocenters. The van der Waals surface area contributed by atoms with Crippen molar-refractivity contribution in [1.29, 1.82) is 0 Å². The summed E-state index contributed by atoms with van der Waals surface area (Å²) in [6.45, 7) is 1.02. The quantitative estimate of drug-likeness (QED) is 0.732. The smallest absolute Gasteiger partial charge is 0.409 e. The van der Waals surface area contributed by atoms with E-state index in [0.717, 1.165) is 0 Å². The lowest BCUT2D eigenvalue weighted by atomic mass is 10.4. The maximum Gasteiger partial charge on any atom is 0.409 e. The summed E-state index contributed by atoms with van der Waals surface area (Å²) in [5.74, 6) is 0. The zero-order valence-corrected chi connectivity index (χ0v) is 10.3. The zero-order chi connectivity index (χ0) is 13.6. The number of hydrogen-bond acceptors (Lipinski definition) is 4. The minimum atomic E-state index is -4.22. The van der Waals surface area contributed by atoms with Gasteiger partial charge in [-0.15, -0.1) is 0 Å². The Morgan fingerprint density at radius 3 is 2.67 bits per heavy atom. The fraction of sp³-hybridized carbons (Fsp3) is 0.900. The predicted molar refractivity (Wildman–Crippen MR) is 59.3 cm³/mol. The number of nitrogens with one attached hydrogen (secondary N) is 1. The van der Waals surface area contributed by atoms with E-state index in [1.165, 1.54) is 9.80 Å². The van der Waals surface area contributed by atoms with Crippen LogP contribution in [-0.4, -0.2) is 75.0 Å². The minimum absolute atomic E-state index is 0.191. The molecule has 1 amide bonds. The Hall–Kier alpha value is -1.02. The number of alkyl halides is 3. The van der Waals surface area contributed by atoms with Gasteiger partial charge in [0, 0.05) is 26.2 Å². The molecule has 1 saturated heterocycles. The molecule has 5 nitrogen and oxygen atoms in total. The number of ether oxygens (including phenoxy) is 1. The Bertz CT molecular complexity index is 274. The number of carbonyl (C=O) groups excluding carboxylic acids is 1. The average molecular weight is 269 g/mol. The molecule has 0 spiro atoms. The highest BCUT2D eigenvalue weighted by molar-refractivity contribution is 5.69. The van der Waals surface area contributed by atoms with Gasteiger partial charge in [0.1, 0.15) is 6.61 Å². The molecule has 8 heteroatoms. The van der Waals surface area contributed by atoms with Crippen LogP contribution >= 0.6 is 0 Å². The van der Waals surface area contributed by atoms with Crippen LogP contribution in [0.25, 0.3) is 0 Å². The molecule has 1 rings (SSSR count). The first-order valence-electron chi connectivity index (χ1n) is 5.78. The Morgan fingerprint density at radius 2 is 2.17 bits per heavy atom. The van der Waals surface area contributed by atoms with Crippen LogP contribution in [0.4, 0.5) is 18.0 Å². The monoisotopic (exact) mass is 269 g/mol. The van der Waals surface area contributed by atoms with E-state index in [9.17, 15) is 18.0 Å². The third-order valence-corrected chi connectivity index (χ3v) is 2.61. The first-order valence-corrected chi connectivity index (χ1v) is 5.78. The molecule has 0 saturated carbocycles. The molecule has 0 aromatic rings. The molecule has 0 aromatic heterocycles. The van der Waals surface area contributed by atoms with Crippen LogP contribution in [0.15, 0.2) is 0 Å². The van der Waals surface area contributed by atoms with E-state index in [-0.39, 0.29) is 13.1 Å². The molecule has 106 valence electrons. The van der Waals surface area contributed by atoms with Gasteiger partial charge in [0.25, 0.3) is 0 Å². The van der Waals surface area contributed by atoms with Crippen LogP contribution < -0.4 is 5.32 Å². The Balaban J connectivity index is 2.37. The van der Waals surface area contributed by atoms with Crippen molar-refractivity contribution in [3.8, 4) is 0 Å².